The number of nitrogens with one attached hydrogen (secondary N) is 1. The van der Waals surface area contributed by atoms with Gasteiger partial charge in [-0.15, -0.1) is 0 Å². The van der Waals surface area contributed by atoms with Gasteiger partial charge in [-0.2, -0.15) is 0 Å². The molecule has 1 atom stereocenters. The van der Waals surface area contributed by atoms with Crippen LogP contribution in [-0.2, 0) is 5.41 Å². The molecule has 0 aliphatic heterocycles. The number of hydrogen-bond donors (Lipinski definition) is 3. The predicted octanol–water partition coefficient (Wildman–Crippen LogP) is 1.12. The fourth-order valence-corrected chi connectivity index (χ4v) is 1.60. The topological polar surface area (TPSA) is 82.5 Å². The molecule has 0 radical (unpaired) electrons. The van der Waals surface area contributed by atoms with Crippen molar-refractivity contribution < 1.29 is 15.0 Å². The molecular formula is C13H19ClN2O3. The summed E-state index contributed by atoms with van der Waals surface area (Å²) in [6.07, 6.45) is -0.969. The van der Waals surface area contributed by atoms with Crippen molar-refractivity contribution in [1.82, 2.24) is 10.3 Å². The van der Waals surface area contributed by atoms with Gasteiger partial charge < -0.3 is 15.5 Å². The Morgan fingerprint density at radius 3 is 2.63 bits per heavy atom. The van der Waals surface area contributed by atoms with Crippen molar-refractivity contribution in [3.05, 3.63) is 28.5 Å². The van der Waals surface area contributed by atoms with Crippen LogP contribution in [0.1, 0.15) is 36.8 Å². The molecule has 1 rings (SSSR count). The molecule has 1 amide bonds. The van der Waals surface area contributed by atoms with Gasteiger partial charge >= 0.3 is 0 Å². The van der Waals surface area contributed by atoms with Gasteiger partial charge in [0.1, 0.15) is 5.15 Å². The number of carbonyl (C=O) groups is 1. The second kappa shape index (κ2) is 6.32. The summed E-state index contributed by atoms with van der Waals surface area (Å²) in [4.78, 5) is 16.1. The summed E-state index contributed by atoms with van der Waals surface area (Å²) >= 11 is 5.91. The number of nitrogens with zero attached hydrogens (tertiary/aromatic N) is 1. The minimum absolute atomic E-state index is 0.0138. The van der Waals surface area contributed by atoms with Crippen molar-refractivity contribution in [2.45, 2.75) is 32.3 Å². The first-order chi connectivity index (χ1) is 8.74. The first-order valence-electron chi connectivity index (χ1n) is 5.99. The van der Waals surface area contributed by atoms with Crippen molar-refractivity contribution in [3.8, 4) is 0 Å². The highest BCUT2D eigenvalue weighted by Crippen LogP contribution is 2.23. The Balaban J connectivity index is 2.89. The van der Waals surface area contributed by atoms with Gasteiger partial charge in [-0.3, -0.25) is 4.79 Å². The minimum atomic E-state index is -0.969. The van der Waals surface area contributed by atoms with Crippen molar-refractivity contribution in [1.29, 1.82) is 0 Å². The molecule has 1 aromatic rings. The highest BCUT2D eigenvalue weighted by atomic mass is 35.5. The Labute approximate surface area is 117 Å². The van der Waals surface area contributed by atoms with Crippen molar-refractivity contribution in [2.75, 3.05) is 13.2 Å². The van der Waals surface area contributed by atoms with E-state index >= 15 is 0 Å². The second-order valence-electron chi connectivity index (χ2n) is 5.36. The Morgan fingerprint density at radius 2 is 2.11 bits per heavy atom. The van der Waals surface area contributed by atoms with Gasteiger partial charge in [-0.05, 0) is 12.1 Å². The maximum absolute atomic E-state index is 11.9. The number of aliphatic hydroxyl groups excluding tert-OH is 2. The lowest BCUT2D eigenvalue weighted by molar-refractivity contribution is 0.0802. The minimum Gasteiger partial charge on any atom is -0.394 e. The van der Waals surface area contributed by atoms with E-state index in [1.807, 2.05) is 20.8 Å². The highest BCUT2D eigenvalue weighted by Gasteiger charge is 2.19. The smallest absolute Gasteiger partial charge is 0.251 e. The summed E-state index contributed by atoms with van der Waals surface area (Å²) in [5, 5.41) is 20.6. The van der Waals surface area contributed by atoms with Crippen LogP contribution in [0, 0.1) is 0 Å². The number of amides is 1. The Kier molecular flexibility index (Phi) is 5.29. The third-order valence-electron chi connectivity index (χ3n) is 2.53. The molecule has 3 N–H and O–H groups in total. The number of pyridine rings is 1. The summed E-state index contributed by atoms with van der Waals surface area (Å²) < 4.78 is 0. The van der Waals surface area contributed by atoms with E-state index in [0.29, 0.717) is 11.3 Å². The zero-order valence-corrected chi connectivity index (χ0v) is 12.0. The molecule has 0 bridgehead atoms. The number of hydrogen-bond acceptors (Lipinski definition) is 4. The van der Waals surface area contributed by atoms with Gasteiger partial charge in [0.05, 0.1) is 12.7 Å². The third kappa shape index (κ3) is 4.78. The standard InChI is InChI=1S/C13H19ClN2O3/c1-13(2,3)10-4-8(5-11(14)16-10)12(19)15-6-9(18)7-17/h4-5,9,17-18H,6-7H2,1-3H3,(H,15,19). The van der Waals surface area contributed by atoms with Crippen LogP contribution in [0.2, 0.25) is 5.15 Å². The molecule has 1 heterocycles. The van der Waals surface area contributed by atoms with E-state index in [2.05, 4.69) is 10.3 Å². The molecule has 106 valence electrons. The Bertz CT molecular complexity index is 458. The normalized spacial score (nSPS) is 13.2. The summed E-state index contributed by atoms with van der Waals surface area (Å²) in [7, 11) is 0. The first kappa shape index (κ1) is 15.9. The zero-order chi connectivity index (χ0) is 14.6. The van der Waals surface area contributed by atoms with E-state index in [-0.39, 0.29) is 23.0 Å². The Morgan fingerprint density at radius 1 is 1.47 bits per heavy atom. The molecule has 0 aliphatic carbocycles. The van der Waals surface area contributed by atoms with Crippen molar-refractivity contribution in [2.24, 2.45) is 0 Å². The van der Waals surface area contributed by atoms with Crippen LogP contribution in [0.5, 0.6) is 0 Å². The lowest BCUT2D eigenvalue weighted by Crippen LogP contribution is -2.34. The SMILES string of the molecule is CC(C)(C)c1cc(C(=O)NCC(O)CO)cc(Cl)n1. The van der Waals surface area contributed by atoms with E-state index < -0.39 is 12.7 Å². The van der Waals surface area contributed by atoms with Crippen LogP contribution >= 0.6 is 11.6 Å². The largest absolute Gasteiger partial charge is 0.394 e. The van der Waals surface area contributed by atoms with E-state index in [0.717, 1.165) is 0 Å². The first-order valence-corrected chi connectivity index (χ1v) is 6.37. The summed E-state index contributed by atoms with van der Waals surface area (Å²) in [6.45, 7) is 5.51. The molecule has 0 fully saturated rings. The monoisotopic (exact) mass is 286 g/mol. The predicted molar refractivity (Wildman–Crippen MR) is 73.4 cm³/mol. The van der Waals surface area contributed by atoms with Crippen molar-refractivity contribution >= 4 is 17.5 Å². The lowest BCUT2D eigenvalue weighted by atomic mass is 9.91. The van der Waals surface area contributed by atoms with Gasteiger partial charge in [0, 0.05) is 23.2 Å². The zero-order valence-electron chi connectivity index (χ0n) is 11.3. The molecule has 0 saturated heterocycles. The average molecular weight is 287 g/mol. The van der Waals surface area contributed by atoms with Gasteiger partial charge in [0.2, 0.25) is 0 Å². The number of halogens is 1. The van der Waals surface area contributed by atoms with Crippen LogP contribution in [0.3, 0.4) is 0 Å². The third-order valence-corrected chi connectivity index (χ3v) is 2.73. The van der Waals surface area contributed by atoms with E-state index in [9.17, 15) is 9.90 Å². The van der Waals surface area contributed by atoms with Gasteiger partial charge in [0.25, 0.3) is 5.91 Å². The summed E-state index contributed by atoms with van der Waals surface area (Å²) in [6, 6.07) is 3.14. The summed E-state index contributed by atoms with van der Waals surface area (Å²) in [5.74, 6) is -0.359. The van der Waals surface area contributed by atoms with Gasteiger partial charge in [0.15, 0.2) is 0 Å². The maximum atomic E-state index is 11.9. The molecule has 1 aromatic heterocycles. The fraction of sp³-hybridized carbons (Fsp3) is 0.538. The number of carbonyl (C=O) groups excluding carboxylic acids is 1. The summed E-state index contributed by atoms with van der Waals surface area (Å²) in [5.41, 5.74) is 0.882. The number of aromatic nitrogens is 1. The molecule has 0 aromatic carbocycles. The van der Waals surface area contributed by atoms with Crippen LogP contribution in [0.15, 0.2) is 12.1 Å². The van der Waals surface area contributed by atoms with E-state index in [1.165, 1.54) is 6.07 Å². The van der Waals surface area contributed by atoms with Crippen LogP contribution in [-0.4, -0.2) is 40.4 Å². The quantitative estimate of drug-likeness (QED) is 0.724. The van der Waals surface area contributed by atoms with E-state index in [4.69, 9.17) is 16.7 Å². The average Bonchev–Trinajstić information content (AvgIpc) is 2.33. The molecule has 6 heteroatoms. The molecule has 1 unspecified atom stereocenters. The number of rotatable bonds is 4. The van der Waals surface area contributed by atoms with Crippen molar-refractivity contribution in [3.63, 3.8) is 0 Å². The lowest BCUT2D eigenvalue weighted by Gasteiger charge is -2.19. The van der Waals surface area contributed by atoms with Crippen LogP contribution in [0.25, 0.3) is 0 Å². The van der Waals surface area contributed by atoms with Crippen LogP contribution < -0.4 is 5.32 Å². The second-order valence-corrected chi connectivity index (χ2v) is 5.75. The van der Waals surface area contributed by atoms with Gasteiger partial charge in [-0.1, -0.05) is 32.4 Å². The fourth-order valence-electron chi connectivity index (χ4n) is 1.39. The molecule has 0 aliphatic rings. The molecule has 0 spiro atoms. The van der Waals surface area contributed by atoms with Gasteiger partial charge in [-0.25, -0.2) is 4.98 Å². The molecule has 0 saturated carbocycles. The Hall–Kier alpha value is -1.17. The molecular weight excluding hydrogens is 268 g/mol. The molecule has 5 nitrogen and oxygen atoms in total. The molecule has 19 heavy (non-hydrogen) atoms. The van der Waals surface area contributed by atoms with E-state index in [1.54, 1.807) is 6.07 Å². The highest BCUT2D eigenvalue weighted by molar-refractivity contribution is 6.29. The van der Waals surface area contributed by atoms with Crippen LogP contribution in [0.4, 0.5) is 0 Å². The maximum Gasteiger partial charge on any atom is 0.251 e. The number of aliphatic hydroxyl groups is 2.